The lowest BCUT2D eigenvalue weighted by atomic mass is 10.0. The van der Waals surface area contributed by atoms with E-state index < -0.39 is 18.0 Å². The molecule has 0 spiro atoms. The van der Waals surface area contributed by atoms with Crippen molar-refractivity contribution in [2.45, 2.75) is 45.2 Å². The molecule has 8 heteroatoms. The maximum Gasteiger partial charge on any atom is 0.407 e. The van der Waals surface area contributed by atoms with Crippen molar-refractivity contribution in [2.24, 2.45) is 11.7 Å². The van der Waals surface area contributed by atoms with E-state index in [0.29, 0.717) is 19.5 Å². The van der Waals surface area contributed by atoms with Crippen LogP contribution in [0.5, 0.6) is 0 Å². The molecule has 1 aliphatic rings. The van der Waals surface area contributed by atoms with E-state index in [9.17, 15) is 14.4 Å². The molecule has 1 rings (SSSR count). The van der Waals surface area contributed by atoms with Gasteiger partial charge in [0.1, 0.15) is 0 Å². The lowest BCUT2D eigenvalue weighted by Crippen LogP contribution is -2.51. The summed E-state index contributed by atoms with van der Waals surface area (Å²) in [7, 11) is 0. The molecule has 1 heterocycles. The van der Waals surface area contributed by atoms with Crippen molar-refractivity contribution in [2.75, 3.05) is 19.6 Å². The number of carboxylic acid groups (broad SMARTS) is 1. The number of nitrogens with zero attached hydrogens (tertiary/aromatic N) is 1. The van der Waals surface area contributed by atoms with Crippen LogP contribution in [0.2, 0.25) is 0 Å². The van der Waals surface area contributed by atoms with E-state index in [1.54, 1.807) is 0 Å². The maximum absolute atomic E-state index is 12.1. The first-order chi connectivity index (χ1) is 10.3. The molecule has 3 amide bonds. The van der Waals surface area contributed by atoms with Gasteiger partial charge in [-0.2, -0.15) is 0 Å². The summed E-state index contributed by atoms with van der Waals surface area (Å²) in [5, 5.41) is 14.7. The fraction of sp³-hybridized carbons (Fsp3) is 0.786. The summed E-state index contributed by atoms with van der Waals surface area (Å²) in [5.74, 6) is -0.590. The average molecular weight is 314 g/mol. The number of hydrogen-bond acceptors (Lipinski definition) is 4. The zero-order valence-electron chi connectivity index (χ0n) is 13.2. The SMILES string of the molecule is CC(C)C[C@H](NC[C@H]1CCCN1C(=O)O)C(=O)NCC(N)=O. The predicted octanol–water partition coefficient (Wildman–Crippen LogP) is -0.265. The number of rotatable bonds is 8. The number of primary amides is 1. The monoisotopic (exact) mass is 314 g/mol. The number of hydrogen-bond donors (Lipinski definition) is 4. The van der Waals surface area contributed by atoms with Crippen LogP contribution in [0, 0.1) is 5.92 Å². The number of amides is 3. The Morgan fingerprint density at radius 3 is 2.59 bits per heavy atom. The first kappa shape index (κ1) is 18.2. The molecular formula is C14H26N4O4. The molecule has 0 aromatic carbocycles. The second kappa shape index (κ2) is 8.57. The third-order valence-electron chi connectivity index (χ3n) is 3.68. The van der Waals surface area contributed by atoms with E-state index in [4.69, 9.17) is 10.8 Å². The molecule has 1 aliphatic heterocycles. The molecule has 0 aromatic heterocycles. The summed E-state index contributed by atoms with van der Waals surface area (Å²) in [4.78, 5) is 35.4. The number of likely N-dealkylation sites (tertiary alicyclic amines) is 1. The van der Waals surface area contributed by atoms with Gasteiger partial charge in [0.2, 0.25) is 11.8 Å². The van der Waals surface area contributed by atoms with Crippen molar-refractivity contribution in [1.29, 1.82) is 0 Å². The quantitative estimate of drug-likeness (QED) is 0.491. The molecule has 0 aromatic rings. The summed E-state index contributed by atoms with van der Waals surface area (Å²) >= 11 is 0. The Labute approximate surface area is 130 Å². The van der Waals surface area contributed by atoms with Crippen molar-refractivity contribution in [1.82, 2.24) is 15.5 Å². The van der Waals surface area contributed by atoms with Crippen LogP contribution < -0.4 is 16.4 Å². The fourth-order valence-corrected chi connectivity index (χ4v) is 2.63. The highest BCUT2D eigenvalue weighted by Gasteiger charge is 2.29. The van der Waals surface area contributed by atoms with E-state index >= 15 is 0 Å². The first-order valence-electron chi connectivity index (χ1n) is 7.60. The van der Waals surface area contributed by atoms with Gasteiger partial charge in [-0.05, 0) is 25.2 Å². The van der Waals surface area contributed by atoms with Crippen LogP contribution in [-0.4, -0.2) is 59.6 Å². The minimum Gasteiger partial charge on any atom is -0.465 e. The fourth-order valence-electron chi connectivity index (χ4n) is 2.63. The molecule has 0 aliphatic carbocycles. The van der Waals surface area contributed by atoms with Gasteiger partial charge >= 0.3 is 6.09 Å². The first-order valence-corrected chi connectivity index (χ1v) is 7.60. The predicted molar refractivity (Wildman–Crippen MR) is 81.2 cm³/mol. The molecule has 0 unspecified atom stereocenters. The van der Waals surface area contributed by atoms with Crippen LogP contribution in [0.3, 0.4) is 0 Å². The van der Waals surface area contributed by atoms with Crippen molar-refractivity contribution in [3.8, 4) is 0 Å². The molecule has 0 saturated carbocycles. The lowest BCUT2D eigenvalue weighted by molar-refractivity contribution is -0.126. The Morgan fingerprint density at radius 1 is 1.36 bits per heavy atom. The van der Waals surface area contributed by atoms with Gasteiger partial charge in [0.05, 0.1) is 12.6 Å². The zero-order valence-corrected chi connectivity index (χ0v) is 13.2. The largest absolute Gasteiger partial charge is 0.465 e. The van der Waals surface area contributed by atoms with Gasteiger partial charge in [0, 0.05) is 19.1 Å². The van der Waals surface area contributed by atoms with Gasteiger partial charge in [0.25, 0.3) is 0 Å². The Hall–Kier alpha value is -1.83. The maximum atomic E-state index is 12.1. The van der Waals surface area contributed by atoms with E-state index in [1.807, 2.05) is 13.8 Å². The topological polar surface area (TPSA) is 125 Å². The highest BCUT2D eigenvalue weighted by Crippen LogP contribution is 2.17. The van der Waals surface area contributed by atoms with Crippen LogP contribution in [0.25, 0.3) is 0 Å². The molecule has 22 heavy (non-hydrogen) atoms. The van der Waals surface area contributed by atoms with Crippen molar-refractivity contribution >= 4 is 17.9 Å². The number of nitrogens with two attached hydrogens (primary N) is 1. The van der Waals surface area contributed by atoms with Crippen molar-refractivity contribution in [3.63, 3.8) is 0 Å². The molecule has 0 bridgehead atoms. The lowest BCUT2D eigenvalue weighted by Gasteiger charge is -2.25. The molecule has 0 radical (unpaired) electrons. The molecule has 8 nitrogen and oxygen atoms in total. The van der Waals surface area contributed by atoms with Gasteiger partial charge in [-0.25, -0.2) is 4.79 Å². The highest BCUT2D eigenvalue weighted by atomic mass is 16.4. The van der Waals surface area contributed by atoms with Crippen LogP contribution >= 0.6 is 0 Å². The minimum absolute atomic E-state index is 0.115. The molecule has 126 valence electrons. The standard InChI is InChI=1S/C14H26N4O4/c1-9(2)6-11(13(20)17-8-12(15)19)16-7-10-4-3-5-18(10)14(21)22/h9-11,16H,3-8H2,1-2H3,(H2,15,19)(H,17,20)(H,21,22)/t10-,11+/m1/s1. The molecular weight excluding hydrogens is 288 g/mol. The van der Waals surface area contributed by atoms with Crippen molar-refractivity contribution < 1.29 is 19.5 Å². The number of carbonyl (C=O) groups is 3. The Morgan fingerprint density at radius 2 is 2.05 bits per heavy atom. The smallest absolute Gasteiger partial charge is 0.407 e. The van der Waals surface area contributed by atoms with Gasteiger partial charge in [-0.15, -0.1) is 0 Å². The second-order valence-corrected chi connectivity index (χ2v) is 6.05. The summed E-state index contributed by atoms with van der Waals surface area (Å²) in [5.41, 5.74) is 5.02. The summed E-state index contributed by atoms with van der Waals surface area (Å²) in [6, 6.07) is -0.577. The van der Waals surface area contributed by atoms with Crippen LogP contribution in [0.15, 0.2) is 0 Å². The van der Waals surface area contributed by atoms with Gasteiger partial charge in [-0.1, -0.05) is 13.8 Å². The van der Waals surface area contributed by atoms with Gasteiger partial charge in [-0.3, -0.25) is 9.59 Å². The summed E-state index contributed by atoms with van der Waals surface area (Å²) in [6.07, 6.45) is 1.30. The van der Waals surface area contributed by atoms with E-state index in [2.05, 4.69) is 10.6 Å². The summed E-state index contributed by atoms with van der Waals surface area (Å²) in [6.45, 7) is 4.75. The van der Waals surface area contributed by atoms with Crippen LogP contribution in [0.4, 0.5) is 4.79 Å². The minimum atomic E-state index is -0.928. The molecule has 1 saturated heterocycles. The van der Waals surface area contributed by atoms with Crippen LogP contribution in [0.1, 0.15) is 33.1 Å². The Bertz CT molecular complexity index is 414. The van der Waals surface area contributed by atoms with Crippen LogP contribution in [-0.2, 0) is 9.59 Å². The second-order valence-electron chi connectivity index (χ2n) is 6.05. The summed E-state index contributed by atoms with van der Waals surface area (Å²) < 4.78 is 0. The van der Waals surface area contributed by atoms with E-state index in [-0.39, 0.29) is 24.4 Å². The molecule has 2 atom stereocenters. The highest BCUT2D eigenvalue weighted by molar-refractivity contribution is 5.86. The van der Waals surface area contributed by atoms with Crippen molar-refractivity contribution in [3.05, 3.63) is 0 Å². The number of carbonyl (C=O) groups excluding carboxylic acids is 2. The Kier molecular flexibility index (Phi) is 7.10. The van der Waals surface area contributed by atoms with Gasteiger partial charge < -0.3 is 26.4 Å². The molecule has 1 fully saturated rings. The van der Waals surface area contributed by atoms with E-state index in [0.717, 1.165) is 12.8 Å². The Balaban J connectivity index is 2.55. The van der Waals surface area contributed by atoms with E-state index in [1.165, 1.54) is 4.90 Å². The average Bonchev–Trinajstić information content (AvgIpc) is 2.88. The number of nitrogens with one attached hydrogen (secondary N) is 2. The normalized spacial score (nSPS) is 19.2. The third kappa shape index (κ3) is 5.88. The van der Waals surface area contributed by atoms with Gasteiger partial charge in [0.15, 0.2) is 0 Å². The third-order valence-corrected chi connectivity index (χ3v) is 3.68. The molecule has 5 N–H and O–H groups in total. The zero-order chi connectivity index (χ0) is 16.7.